The lowest BCUT2D eigenvalue weighted by Gasteiger charge is -2.26. The molecule has 2 atom stereocenters. The highest BCUT2D eigenvalue weighted by atomic mass is 35.5. The molecule has 1 unspecified atom stereocenters. The standard InChI is InChI=1S/C26H33ClN2O6/c1-17-14-22(31)25(27)21-15-19(28-34-16-23(32)29-12-4-3-5-13-29)9-7-11-20(30)10-6-8-18(2)35-26(33)24(17)21/h6-7,9-10,14,18,20,30-31H,3-5,8,11-13,15-16H2,1-2H3/b9-7+,10-6+,28-19-/t18-,20?/m1/s1. The first-order valence-corrected chi connectivity index (χ1v) is 12.3. The molecule has 0 aromatic heterocycles. The first-order chi connectivity index (χ1) is 16.8. The molecule has 2 aliphatic heterocycles. The fourth-order valence-corrected chi connectivity index (χ4v) is 4.36. The van der Waals surface area contributed by atoms with Crippen molar-refractivity contribution in [3.05, 3.63) is 52.1 Å². The molecule has 2 aliphatic rings. The number of likely N-dealkylation sites (tertiary alicyclic amines) is 1. The number of fused-ring (bicyclic) bond motifs is 1. The van der Waals surface area contributed by atoms with E-state index in [0.717, 1.165) is 19.3 Å². The molecule has 0 saturated carbocycles. The summed E-state index contributed by atoms with van der Waals surface area (Å²) in [6.45, 7) is 4.68. The van der Waals surface area contributed by atoms with Crippen molar-refractivity contribution in [2.45, 2.75) is 64.6 Å². The van der Waals surface area contributed by atoms with E-state index < -0.39 is 18.2 Å². The quantitative estimate of drug-likeness (QED) is 0.364. The van der Waals surface area contributed by atoms with Gasteiger partial charge in [-0.2, -0.15) is 0 Å². The van der Waals surface area contributed by atoms with Crippen LogP contribution in [0.4, 0.5) is 0 Å². The number of carbonyl (C=O) groups is 2. The Balaban J connectivity index is 1.91. The minimum atomic E-state index is -0.720. The molecule has 0 aliphatic carbocycles. The van der Waals surface area contributed by atoms with Crippen LogP contribution in [0.1, 0.15) is 60.5 Å². The monoisotopic (exact) mass is 504 g/mol. The maximum atomic E-state index is 13.0. The second-order valence-electron chi connectivity index (χ2n) is 8.94. The number of cyclic esters (lactones) is 1. The van der Waals surface area contributed by atoms with Gasteiger partial charge < -0.3 is 24.7 Å². The van der Waals surface area contributed by atoms with E-state index in [1.807, 2.05) is 0 Å². The highest BCUT2D eigenvalue weighted by Gasteiger charge is 2.24. The number of benzene rings is 1. The normalized spacial score (nSPS) is 24.7. The number of hydrogen-bond donors (Lipinski definition) is 2. The van der Waals surface area contributed by atoms with Gasteiger partial charge in [0, 0.05) is 25.9 Å². The molecule has 1 fully saturated rings. The summed E-state index contributed by atoms with van der Waals surface area (Å²) in [5, 5.41) is 24.7. The van der Waals surface area contributed by atoms with E-state index in [1.165, 1.54) is 6.07 Å². The van der Waals surface area contributed by atoms with Crippen molar-refractivity contribution >= 4 is 29.2 Å². The van der Waals surface area contributed by atoms with Crippen LogP contribution in [-0.2, 0) is 20.8 Å². The third kappa shape index (κ3) is 7.57. The van der Waals surface area contributed by atoms with Gasteiger partial charge in [-0.1, -0.05) is 35.0 Å². The number of phenolic OH excluding ortho intramolecular Hbond substituents is 1. The van der Waals surface area contributed by atoms with Gasteiger partial charge in [0.05, 0.1) is 22.4 Å². The van der Waals surface area contributed by atoms with Crippen LogP contribution in [-0.4, -0.2) is 64.6 Å². The Morgan fingerprint density at radius 2 is 2.00 bits per heavy atom. The van der Waals surface area contributed by atoms with Crippen LogP contribution in [0.3, 0.4) is 0 Å². The van der Waals surface area contributed by atoms with Gasteiger partial charge in [0.2, 0.25) is 0 Å². The van der Waals surface area contributed by atoms with E-state index in [9.17, 15) is 19.8 Å². The number of oxime groups is 1. The van der Waals surface area contributed by atoms with Crippen LogP contribution in [0.5, 0.6) is 5.75 Å². The number of aliphatic hydroxyl groups excluding tert-OH is 1. The summed E-state index contributed by atoms with van der Waals surface area (Å²) >= 11 is 6.42. The molecular formula is C26H33ClN2O6. The second-order valence-corrected chi connectivity index (χ2v) is 9.32. The first kappa shape index (κ1) is 26.8. The predicted octanol–water partition coefficient (Wildman–Crippen LogP) is 4.09. The molecule has 0 radical (unpaired) electrons. The second kappa shape index (κ2) is 12.7. The molecule has 2 heterocycles. The average Bonchev–Trinajstić information content (AvgIpc) is 2.82. The predicted molar refractivity (Wildman–Crippen MR) is 134 cm³/mol. The van der Waals surface area contributed by atoms with E-state index in [0.29, 0.717) is 42.8 Å². The van der Waals surface area contributed by atoms with Crippen LogP contribution in [0, 0.1) is 6.92 Å². The van der Waals surface area contributed by atoms with E-state index >= 15 is 0 Å². The van der Waals surface area contributed by atoms with Gasteiger partial charge in [0.15, 0.2) is 6.61 Å². The minimum absolute atomic E-state index is 0.0210. The third-order valence-corrected chi connectivity index (χ3v) is 6.42. The number of aromatic hydroxyl groups is 1. The van der Waals surface area contributed by atoms with Crippen molar-refractivity contribution in [2.75, 3.05) is 19.7 Å². The number of aliphatic hydroxyl groups is 1. The molecule has 190 valence electrons. The maximum Gasteiger partial charge on any atom is 0.339 e. The van der Waals surface area contributed by atoms with Gasteiger partial charge in [-0.05, 0) is 62.8 Å². The minimum Gasteiger partial charge on any atom is -0.506 e. The Labute approximate surface area is 210 Å². The SMILES string of the molecule is Cc1cc(O)c(Cl)c2c1C(=O)O[C@H](C)C/C=C/C(O)C/C=C/C(=N/OCC(=O)N1CCCCC1)C2. The number of nitrogens with zero attached hydrogens (tertiary/aromatic N) is 2. The van der Waals surface area contributed by atoms with Crippen molar-refractivity contribution < 1.29 is 29.4 Å². The molecule has 8 nitrogen and oxygen atoms in total. The van der Waals surface area contributed by atoms with E-state index in [2.05, 4.69) is 5.16 Å². The largest absolute Gasteiger partial charge is 0.506 e. The molecule has 3 rings (SSSR count). The van der Waals surface area contributed by atoms with E-state index in [1.54, 1.807) is 43.1 Å². The van der Waals surface area contributed by atoms with Gasteiger partial charge in [-0.15, -0.1) is 0 Å². The summed E-state index contributed by atoms with van der Waals surface area (Å²) in [5.74, 6) is -0.862. The van der Waals surface area contributed by atoms with Gasteiger partial charge in [-0.25, -0.2) is 4.79 Å². The number of esters is 1. The molecule has 35 heavy (non-hydrogen) atoms. The van der Waals surface area contributed by atoms with Crippen molar-refractivity contribution in [1.29, 1.82) is 0 Å². The zero-order valence-corrected chi connectivity index (χ0v) is 21.0. The number of carbonyl (C=O) groups excluding carboxylic acids is 2. The number of halogens is 1. The fourth-order valence-electron chi connectivity index (χ4n) is 4.14. The Morgan fingerprint density at radius 3 is 2.74 bits per heavy atom. The molecule has 0 spiro atoms. The highest BCUT2D eigenvalue weighted by Crippen LogP contribution is 2.34. The van der Waals surface area contributed by atoms with Crippen molar-refractivity contribution in [2.24, 2.45) is 5.16 Å². The summed E-state index contributed by atoms with van der Waals surface area (Å²) in [7, 11) is 0. The van der Waals surface area contributed by atoms with Crippen LogP contribution in [0.25, 0.3) is 0 Å². The number of aryl methyl sites for hydroxylation is 1. The molecule has 9 heteroatoms. The van der Waals surface area contributed by atoms with Crippen molar-refractivity contribution in [3.63, 3.8) is 0 Å². The molecule has 1 aromatic rings. The maximum absolute atomic E-state index is 13.0. The zero-order valence-electron chi connectivity index (χ0n) is 20.2. The summed E-state index contributed by atoms with van der Waals surface area (Å²) in [5.41, 5.74) is 1.50. The number of ether oxygens (including phenoxy) is 1. The number of piperidine rings is 1. The summed E-state index contributed by atoms with van der Waals surface area (Å²) < 4.78 is 5.60. The third-order valence-electron chi connectivity index (χ3n) is 6.00. The molecule has 1 amide bonds. The van der Waals surface area contributed by atoms with Crippen LogP contribution in [0.2, 0.25) is 5.02 Å². The summed E-state index contributed by atoms with van der Waals surface area (Å²) in [6.07, 6.45) is 9.56. The van der Waals surface area contributed by atoms with Gasteiger partial charge in [0.1, 0.15) is 11.9 Å². The average molecular weight is 505 g/mol. The van der Waals surface area contributed by atoms with Gasteiger partial charge in [-0.3, -0.25) is 4.79 Å². The lowest BCUT2D eigenvalue weighted by Crippen LogP contribution is -2.37. The van der Waals surface area contributed by atoms with Gasteiger partial charge in [0.25, 0.3) is 5.91 Å². The highest BCUT2D eigenvalue weighted by molar-refractivity contribution is 6.33. The Hall–Kier alpha value is -2.84. The zero-order chi connectivity index (χ0) is 25.4. The van der Waals surface area contributed by atoms with Crippen LogP contribution in [0.15, 0.2) is 35.5 Å². The van der Waals surface area contributed by atoms with E-state index in [-0.39, 0.29) is 35.3 Å². The van der Waals surface area contributed by atoms with E-state index in [4.69, 9.17) is 21.2 Å². The van der Waals surface area contributed by atoms with Gasteiger partial charge >= 0.3 is 5.97 Å². The number of phenols is 1. The smallest absolute Gasteiger partial charge is 0.339 e. The fraction of sp³-hybridized carbons (Fsp3) is 0.500. The van der Waals surface area contributed by atoms with Crippen LogP contribution < -0.4 is 0 Å². The number of amides is 1. The molecular weight excluding hydrogens is 472 g/mol. The molecule has 1 saturated heterocycles. The Bertz CT molecular complexity index is 1010. The number of allylic oxidation sites excluding steroid dienone is 1. The summed E-state index contributed by atoms with van der Waals surface area (Å²) in [4.78, 5) is 32.6. The van der Waals surface area contributed by atoms with Crippen molar-refractivity contribution in [3.8, 4) is 5.75 Å². The first-order valence-electron chi connectivity index (χ1n) is 12.0. The topological polar surface area (TPSA) is 109 Å². The van der Waals surface area contributed by atoms with Crippen molar-refractivity contribution in [1.82, 2.24) is 4.90 Å². The molecule has 2 N–H and O–H groups in total. The lowest BCUT2D eigenvalue weighted by atomic mass is 9.96. The van der Waals surface area contributed by atoms with Crippen LogP contribution >= 0.6 is 11.6 Å². The number of hydrogen-bond acceptors (Lipinski definition) is 7. The Morgan fingerprint density at radius 1 is 1.26 bits per heavy atom. The molecule has 1 aromatic carbocycles. The Kier molecular flexibility index (Phi) is 9.74. The molecule has 0 bridgehead atoms. The lowest BCUT2D eigenvalue weighted by molar-refractivity contribution is -0.137. The number of rotatable bonds is 3. The summed E-state index contributed by atoms with van der Waals surface area (Å²) in [6, 6.07) is 1.42.